The molecule has 0 saturated heterocycles. The highest BCUT2D eigenvalue weighted by molar-refractivity contribution is 6.36. The van der Waals surface area contributed by atoms with Crippen molar-refractivity contribution >= 4 is 80.6 Å². The Morgan fingerprint density at radius 1 is 0.500 bits per heavy atom. The first-order chi connectivity index (χ1) is 19.5. The molecule has 4 aromatic carbocycles. The van der Waals surface area contributed by atoms with Crippen molar-refractivity contribution in [1.29, 1.82) is 0 Å². The molecule has 0 N–H and O–H groups in total. The van der Waals surface area contributed by atoms with Gasteiger partial charge in [0.25, 0.3) is 0 Å². The number of rotatable bonds is 7. The number of benzene rings is 4. The summed E-state index contributed by atoms with van der Waals surface area (Å²) < 4.78 is 4.25. The molecule has 0 radical (unpaired) electrons. The molecule has 6 rings (SSSR count). The molecule has 40 heavy (non-hydrogen) atoms. The van der Waals surface area contributed by atoms with Gasteiger partial charge in [0.1, 0.15) is 0 Å². The Morgan fingerprint density at radius 2 is 0.875 bits per heavy atom. The molecule has 0 spiro atoms. The van der Waals surface area contributed by atoms with Crippen LogP contribution in [0.5, 0.6) is 0 Å². The smallest absolute Gasteiger partial charge is 0.0589 e. The summed E-state index contributed by atoms with van der Waals surface area (Å²) in [5.74, 6) is 0. The zero-order valence-electron chi connectivity index (χ0n) is 21.1. The molecule has 0 bridgehead atoms. The highest BCUT2D eigenvalue weighted by Gasteiger charge is 2.12. The topological polar surface area (TPSA) is 34.6 Å². The number of nitrogens with zero attached hydrogens (tertiary/aromatic N) is 4. The van der Waals surface area contributed by atoms with Gasteiger partial charge in [-0.3, -0.25) is 0 Å². The second-order valence-corrected chi connectivity index (χ2v) is 11.0. The number of para-hydroxylation sites is 2. The summed E-state index contributed by atoms with van der Waals surface area (Å²) in [4.78, 5) is 0. The van der Waals surface area contributed by atoms with E-state index < -0.39 is 0 Å². The van der Waals surface area contributed by atoms with Crippen molar-refractivity contribution in [3.63, 3.8) is 0 Å². The molecular weight excluding hydrogens is 582 g/mol. The number of halogens is 4. The third-order valence-electron chi connectivity index (χ3n) is 6.88. The predicted octanol–water partition coefficient (Wildman–Crippen LogP) is 9.76. The van der Waals surface area contributed by atoms with E-state index in [1.165, 1.54) is 0 Å². The van der Waals surface area contributed by atoms with Gasteiger partial charge in [0.05, 0.1) is 25.5 Å². The lowest BCUT2D eigenvalue weighted by molar-refractivity contribution is 0.836. The quantitative estimate of drug-likeness (QED) is 0.129. The normalized spacial score (nSPS) is 12.0. The minimum Gasteiger partial charge on any atom is -0.342 e. The van der Waals surface area contributed by atoms with E-state index in [2.05, 4.69) is 43.6 Å². The molecule has 2 heterocycles. The van der Waals surface area contributed by atoms with Crippen molar-refractivity contribution in [1.82, 2.24) is 9.13 Å². The van der Waals surface area contributed by atoms with Crippen molar-refractivity contribution in [3.05, 3.63) is 140 Å². The van der Waals surface area contributed by atoms with Crippen LogP contribution in [-0.4, -0.2) is 21.6 Å². The van der Waals surface area contributed by atoms with Crippen molar-refractivity contribution in [2.75, 3.05) is 0 Å². The first-order valence-corrected chi connectivity index (χ1v) is 14.1. The fourth-order valence-corrected chi connectivity index (χ4v) is 5.95. The standard InChI is InChI=1S/C32H22Cl4N4/c33-27-9-5-10-28(34)25(27)19-39-17-21(23-7-1-3-13-31(23)39)15-37-38-16-22-18-40(32-14-4-2-8-24(22)32)20-26-29(35)11-6-12-30(26)36/h1-18H,19-20H2. The largest absolute Gasteiger partial charge is 0.342 e. The molecule has 6 aromatic rings. The first kappa shape index (κ1) is 26.7. The van der Waals surface area contributed by atoms with Crippen LogP contribution in [0.1, 0.15) is 22.3 Å². The Morgan fingerprint density at radius 3 is 1.27 bits per heavy atom. The minimum atomic E-state index is 0.547. The summed E-state index contributed by atoms with van der Waals surface area (Å²) in [6.45, 7) is 1.09. The molecule has 198 valence electrons. The molecule has 0 amide bonds. The van der Waals surface area contributed by atoms with Crippen molar-refractivity contribution < 1.29 is 0 Å². The number of fused-ring (bicyclic) bond motifs is 2. The van der Waals surface area contributed by atoms with Gasteiger partial charge in [-0.2, -0.15) is 10.2 Å². The summed E-state index contributed by atoms with van der Waals surface area (Å²) in [6.07, 6.45) is 7.63. The summed E-state index contributed by atoms with van der Waals surface area (Å²) >= 11 is 25.8. The lowest BCUT2D eigenvalue weighted by Gasteiger charge is -2.09. The third-order valence-corrected chi connectivity index (χ3v) is 8.30. The Hall–Kier alpha value is -3.54. The van der Waals surface area contributed by atoms with Crippen LogP contribution in [0.4, 0.5) is 0 Å². The second-order valence-electron chi connectivity index (χ2n) is 9.35. The predicted molar refractivity (Wildman–Crippen MR) is 170 cm³/mol. The van der Waals surface area contributed by atoms with Gasteiger partial charge in [-0.25, -0.2) is 0 Å². The SMILES string of the molecule is Clc1cccc(Cl)c1Cn1cc(C=NN=Cc2cn(Cc3c(Cl)cccc3Cl)c3ccccc23)c2ccccc21. The Kier molecular flexibility index (Phi) is 7.68. The third kappa shape index (κ3) is 5.28. The molecule has 2 aromatic heterocycles. The Labute approximate surface area is 251 Å². The second kappa shape index (κ2) is 11.5. The van der Waals surface area contributed by atoms with Gasteiger partial charge in [0, 0.05) is 76.5 Å². The average Bonchev–Trinajstić information content (AvgIpc) is 3.49. The first-order valence-electron chi connectivity index (χ1n) is 12.6. The molecule has 0 unspecified atom stereocenters. The molecule has 0 aliphatic rings. The number of hydrogen-bond donors (Lipinski definition) is 0. The van der Waals surface area contributed by atoms with Crippen LogP contribution in [0.3, 0.4) is 0 Å². The number of hydrogen-bond acceptors (Lipinski definition) is 2. The molecule has 0 atom stereocenters. The van der Waals surface area contributed by atoms with Gasteiger partial charge in [0.15, 0.2) is 0 Å². The van der Waals surface area contributed by atoms with Crippen molar-refractivity contribution in [2.24, 2.45) is 10.2 Å². The van der Waals surface area contributed by atoms with Crippen molar-refractivity contribution in [3.8, 4) is 0 Å². The highest BCUT2D eigenvalue weighted by atomic mass is 35.5. The van der Waals surface area contributed by atoms with E-state index in [0.717, 1.165) is 44.1 Å². The Bertz CT molecular complexity index is 1740. The zero-order chi connectivity index (χ0) is 27.6. The molecule has 0 aliphatic heterocycles. The van der Waals surface area contributed by atoms with Gasteiger partial charge in [-0.05, 0) is 36.4 Å². The van der Waals surface area contributed by atoms with Gasteiger partial charge >= 0.3 is 0 Å². The van der Waals surface area contributed by atoms with Gasteiger partial charge in [0.2, 0.25) is 0 Å². The summed E-state index contributed by atoms with van der Waals surface area (Å²) in [5.41, 5.74) is 5.78. The van der Waals surface area contributed by atoms with Crippen LogP contribution in [0.25, 0.3) is 21.8 Å². The molecule has 0 aliphatic carbocycles. The maximum Gasteiger partial charge on any atom is 0.0589 e. The molecule has 0 saturated carbocycles. The van der Waals surface area contributed by atoms with Crippen LogP contribution in [0.2, 0.25) is 20.1 Å². The van der Waals surface area contributed by atoms with Gasteiger partial charge < -0.3 is 9.13 Å². The summed E-state index contributed by atoms with van der Waals surface area (Å²) in [5, 5.41) is 13.5. The van der Waals surface area contributed by atoms with Crippen LogP contribution >= 0.6 is 46.4 Å². The minimum absolute atomic E-state index is 0.547. The monoisotopic (exact) mass is 602 g/mol. The van der Waals surface area contributed by atoms with E-state index in [1.807, 2.05) is 73.1 Å². The number of aromatic nitrogens is 2. The van der Waals surface area contributed by atoms with Crippen LogP contribution in [0.15, 0.2) is 108 Å². The average molecular weight is 604 g/mol. The van der Waals surface area contributed by atoms with E-state index in [1.54, 1.807) is 12.4 Å². The maximum absolute atomic E-state index is 6.44. The summed E-state index contributed by atoms with van der Waals surface area (Å²) in [6, 6.07) is 27.4. The fraction of sp³-hybridized carbons (Fsp3) is 0.0625. The highest BCUT2D eigenvalue weighted by Crippen LogP contribution is 2.29. The zero-order valence-corrected chi connectivity index (χ0v) is 24.1. The summed E-state index contributed by atoms with van der Waals surface area (Å²) in [7, 11) is 0. The lowest BCUT2D eigenvalue weighted by atomic mass is 10.2. The van der Waals surface area contributed by atoms with E-state index in [9.17, 15) is 0 Å². The van der Waals surface area contributed by atoms with Crippen LogP contribution in [-0.2, 0) is 13.1 Å². The van der Waals surface area contributed by atoms with Gasteiger partial charge in [-0.1, -0.05) is 94.9 Å². The van der Waals surface area contributed by atoms with Crippen molar-refractivity contribution in [2.45, 2.75) is 13.1 Å². The van der Waals surface area contributed by atoms with E-state index in [4.69, 9.17) is 46.4 Å². The van der Waals surface area contributed by atoms with E-state index >= 15 is 0 Å². The lowest BCUT2D eigenvalue weighted by Crippen LogP contribution is -1.99. The van der Waals surface area contributed by atoms with Crippen LogP contribution < -0.4 is 0 Å². The van der Waals surface area contributed by atoms with Gasteiger partial charge in [-0.15, -0.1) is 0 Å². The maximum atomic E-state index is 6.44. The van der Waals surface area contributed by atoms with E-state index in [0.29, 0.717) is 33.2 Å². The Balaban J connectivity index is 1.29. The van der Waals surface area contributed by atoms with E-state index in [-0.39, 0.29) is 0 Å². The molecule has 4 nitrogen and oxygen atoms in total. The fourth-order valence-electron chi connectivity index (χ4n) is 4.92. The molecule has 0 fully saturated rings. The van der Waals surface area contributed by atoms with Crippen LogP contribution in [0, 0.1) is 0 Å². The molecule has 8 heteroatoms. The molecular formula is C32H22Cl4N4.